The molecule has 7 atom stereocenters. The Labute approximate surface area is 283 Å². The summed E-state index contributed by atoms with van der Waals surface area (Å²) in [4.78, 5) is 70.3. The van der Waals surface area contributed by atoms with Gasteiger partial charge in [-0.3, -0.25) is 24.1 Å². The molecule has 2 aliphatic carbocycles. The summed E-state index contributed by atoms with van der Waals surface area (Å²) in [5.41, 5.74) is 2.46. The number of amides is 3. The van der Waals surface area contributed by atoms with Crippen LogP contribution >= 0.6 is 23.1 Å². The van der Waals surface area contributed by atoms with Crippen LogP contribution in [-0.2, 0) is 19.1 Å². The molecule has 3 fully saturated rings. The zero-order valence-corrected chi connectivity index (χ0v) is 27.4. The van der Waals surface area contributed by atoms with E-state index in [1.54, 1.807) is 61.2 Å². The van der Waals surface area contributed by atoms with Gasteiger partial charge in [-0.15, -0.1) is 11.8 Å². The number of nitrogens with zero attached hydrogens (tertiary/aromatic N) is 1. The fourth-order valence-electron chi connectivity index (χ4n) is 8.27. The lowest BCUT2D eigenvalue weighted by Gasteiger charge is -2.43. The van der Waals surface area contributed by atoms with Crippen molar-refractivity contribution in [1.29, 1.82) is 0 Å². The number of thiazole rings is 1. The maximum absolute atomic E-state index is 13.9. The molecule has 10 nitrogen and oxygen atoms in total. The minimum Gasteiger partial charge on any atom is -0.484 e. The number of esters is 1. The number of hydrogen-bond donors (Lipinski definition) is 2. The van der Waals surface area contributed by atoms with Crippen LogP contribution < -0.4 is 19.8 Å². The van der Waals surface area contributed by atoms with Crippen LogP contribution in [0.1, 0.15) is 40.1 Å². The molecule has 1 saturated heterocycles. The van der Waals surface area contributed by atoms with E-state index >= 15 is 0 Å². The van der Waals surface area contributed by atoms with Gasteiger partial charge in [-0.1, -0.05) is 41.7 Å². The predicted molar refractivity (Wildman–Crippen MR) is 180 cm³/mol. The quantitative estimate of drug-likeness (QED) is 0.189. The number of fused-ring (bicyclic) bond motifs is 9. The van der Waals surface area contributed by atoms with Crippen molar-refractivity contribution in [3.63, 3.8) is 0 Å². The maximum Gasteiger partial charge on any atom is 0.338 e. The minimum absolute atomic E-state index is 0.0106. The summed E-state index contributed by atoms with van der Waals surface area (Å²) in [6.45, 7) is 1.78. The molecule has 12 heteroatoms. The first-order chi connectivity index (χ1) is 23.3. The third kappa shape index (κ3) is 5.05. The summed E-state index contributed by atoms with van der Waals surface area (Å²) in [6.07, 6.45) is 0.796. The number of aromatic nitrogens is 1. The van der Waals surface area contributed by atoms with E-state index < -0.39 is 11.9 Å². The Hall–Kier alpha value is -4.68. The van der Waals surface area contributed by atoms with Crippen molar-refractivity contribution in [3.8, 4) is 5.75 Å². The number of imide groups is 1. The van der Waals surface area contributed by atoms with Crippen molar-refractivity contribution >= 4 is 58.2 Å². The van der Waals surface area contributed by atoms with Crippen LogP contribution in [-0.4, -0.2) is 47.1 Å². The second-order valence-corrected chi connectivity index (χ2v) is 14.7. The Morgan fingerprint density at radius 3 is 2.44 bits per heavy atom. The number of anilines is 2. The van der Waals surface area contributed by atoms with Gasteiger partial charge in [0.1, 0.15) is 5.75 Å². The van der Waals surface area contributed by atoms with Crippen LogP contribution in [0.15, 0.2) is 88.7 Å². The van der Waals surface area contributed by atoms with Crippen LogP contribution in [0.25, 0.3) is 0 Å². The van der Waals surface area contributed by atoms with Gasteiger partial charge in [-0.05, 0) is 85.2 Å². The Morgan fingerprint density at radius 1 is 0.938 bits per heavy atom. The summed E-state index contributed by atoms with van der Waals surface area (Å²) in [5.74, 6) is -1.40. The largest absolute Gasteiger partial charge is 0.484 e. The molecule has 2 N–H and O–H groups in total. The van der Waals surface area contributed by atoms with E-state index in [9.17, 15) is 24.0 Å². The van der Waals surface area contributed by atoms with Crippen LogP contribution in [0.2, 0.25) is 0 Å². The summed E-state index contributed by atoms with van der Waals surface area (Å²) in [5, 5.41) is 3.67. The number of thioether (sulfide) groups is 1. The smallest absolute Gasteiger partial charge is 0.338 e. The van der Waals surface area contributed by atoms with Crippen LogP contribution in [0, 0.1) is 29.6 Å². The predicted octanol–water partition coefficient (Wildman–Crippen LogP) is 5.31. The second kappa shape index (κ2) is 12.1. The molecule has 48 heavy (non-hydrogen) atoms. The molecule has 4 aromatic rings. The van der Waals surface area contributed by atoms with E-state index in [0.29, 0.717) is 22.7 Å². The van der Waals surface area contributed by atoms with Gasteiger partial charge < -0.3 is 19.8 Å². The molecule has 1 aromatic heterocycles. The average Bonchev–Trinajstić information content (AvgIpc) is 3.83. The lowest BCUT2D eigenvalue weighted by atomic mass is 9.68. The van der Waals surface area contributed by atoms with E-state index in [1.165, 1.54) is 16.2 Å². The summed E-state index contributed by atoms with van der Waals surface area (Å²) in [6, 6.07) is 23.2. The molecule has 3 heterocycles. The molecule has 3 aromatic carbocycles. The highest BCUT2D eigenvalue weighted by molar-refractivity contribution is 8.00. The van der Waals surface area contributed by atoms with Crippen molar-refractivity contribution in [2.75, 3.05) is 23.4 Å². The number of hydrogen-bond acceptors (Lipinski definition) is 9. The third-order valence-corrected chi connectivity index (χ3v) is 12.6. The molecule has 3 amide bonds. The molecular formula is C36H31N3O7S2. The number of nitrogens with one attached hydrogen (secondary N) is 2. The molecule has 244 valence electrons. The van der Waals surface area contributed by atoms with Gasteiger partial charge >= 0.3 is 10.8 Å². The zero-order chi connectivity index (χ0) is 33.1. The Balaban J connectivity index is 1.03. The van der Waals surface area contributed by atoms with Gasteiger partial charge in [0.2, 0.25) is 11.8 Å². The van der Waals surface area contributed by atoms with Gasteiger partial charge in [0, 0.05) is 21.7 Å². The molecule has 2 bridgehead atoms. The molecule has 2 aliphatic heterocycles. The first kappa shape index (κ1) is 30.6. The Kier molecular flexibility index (Phi) is 7.72. The lowest BCUT2D eigenvalue weighted by Crippen LogP contribution is -2.42. The van der Waals surface area contributed by atoms with Crippen molar-refractivity contribution in [2.24, 2.45) is 29.6 Å². The van der Waals surface area contributed by atoms with Crippen molar-refractivity contribution < 1.29 is 28.7 Å². The van der Waals surface area contributed by atoms with E-state index in [-0.39, 0.29) is 70.6 Å². The number of para-hydroxylation sites is 1. The zero-order valence-electron chi connectivity index (χ0n) is 25.8. The Morgan fingerprint density at radius 2 is 1.69 bits per heavy atom. The fourth-order valence-corrected chi connectivity index (χ4v) is 11.2. The van der Waals surface area contributed by atoms with E-state index in [2.05, 4.69) is 10.3 Å². The van der Waals surface area contributed by atoms with Crippen LogP contribution in [0.3, 0.4) is 0 Å². The highest BCUT2D eigenvalue weighted by atomic mass is 32.2. The number of aromatic amines is 1. The molecule has 2 saturated carbocycles. The highest BCUT2D eigenvalue weighted by Crippen LogP contribution is 2.68. The topological polar surface area (TPSA) is 135 Å². The van der Waals surface area contributed by atoms with Gasteiger partial charge in [0.25, 0.3) is 5.91 Å². The number of ether oxygens (including phenoxy) is 2. The normalized spacial score (nSPS) is 26.5. The van der Waals surface area contributed by atoms with E-state index in [0.717, 1.165) is 21.9 Å². The molecule has 4 unspecified atom stereocenters. The van der Waals surface area contributed by atoms with E-state index in [4.69, 9.17) is 9.47 Å². The SMILES string of the molecule is CCOC(=O)c1ccc(NC(=O)COc2cccc([C@H]3c4sc(=O)[nH]c4SC4C3[C@H]3C[C@@H]4C4C(=O)N(c5ccccc5)C(=O)C43)c2)cc1. The number of H-pyrrole nitrogens is 1. The monoisotopic (exact) mass is 681 g/mol. The third-order valence-electron chi connectivity index (χ3n) is 10.0. The second-order valence-electron chi connectivity index (χ2n) is 12.5. The first-order valence-corrected chi connectivity index (χ1v) is 17.6. The van der Waals surface area contributed by atoms with Crippen LogP contribution in [0.4, 0.5) is 11.4 Å². The first-order valence-electron chi connectivity index (χ1n) is 15.9. The molecule has 8 rings (SSSR count). The minimum atomic E-state index is -0.428. The molecular weight excluding hydrogens is 651 g/mol. The van der Waals surface area contributed by atoms with E-state index in [1.807, 2.05) is 36.4 Å². The summed E-state index contributed by atoms with van der Waals surface area (Å²) in [7, 11) is 0. The van der Waals surface area contributed by atoms with Crippen LogP contribution in [0.5, 0.6) is 5.75 Å². The molecule has 0 spiro atoms. The average molecular weight is 682 g/mol. The highest BCUT2D eigenvalue weighted by Gasteiger charge is 2.69. The summed E-state index contributed by atoms with van der Waals surface area (Å²) < 4.78 is 10.9. The number of carbonyl (C=O) groups is 4. The van der Waals surface area contributed by atoms with Gasteiger partial charge in [0.15, 0.2) is 6.61 Å². The van der Waals surface area contributed by atoms with Crippen molar-refractivity contribution in [3.05, 3.63) is 105 Å². The number of rotatable bonds is 8. The van der Waals surface area contributed by atoms with Crippen molar-refractivity contribution in [1.82, 2.24) is 4.98 Å². The Bertz CT molecular complexity index is 1990. The lowest BCUT2D eigenvalue weighted by molar-refractivity contribution is -0.123. The maximum atomic E-state index is 13.9. The molecule has 4 aliphatic rings. The fraction of sp³-hybridized carbons (Fsp3) is 0.306. The van der Waals surface area contributed by atoms with Gasteiger partial charge in [-0.25, -0.2) is 4.79 Å². The standard InChI is InChI=1S/C36H31N3O7S2/c1-2-45-35(43)18-11-13-20(14-12-18)37-25(40)17-46-22-10-6-7-19(15-22)26-27-23-16-24(30(27)47-32-31(26)48-36(44)38-32)29-28(23)33(41)39(34(29)42)21-8-4-3-5-9-21/h3-15,23-24,26-30H,2,16-17H2,1H3,(H,37,40)(H,38,44)/t23-,24-,26-,27?,28?,29?,30?/m1/s1. The van der Waals surface area contributed by atoms with Crippen molar-refractivity contribution in [2.45, 2.75) is 29.5 Å². The van der Waals surface area contributed by atoms with Gasteiger partial charge in [0.05, 0.1) is 34.7 Å². The molecule has 0 radical (unpaired) electrons. The number of carbonyl (C=O) groups excluding carboxylic acids is 4. The number of benzene rings is 3. The summed E-state index contributed by atoms with van der Waals surface area (Å²) >= 11 is 2.84. The van der Waals surface area contributed by atoms with Gasteiger partial charge in [-0.2, -0.15) is 0 Å².